The summed E-state index contributed by atoms with van der Waals surface area (Å²) in [5.74, 6) is 0.368. The molecule has 1 N–H and O–H groups in total. The number of benzene rings is 1. The number of aromatic nitrogens is 1. The van der Waals surface area contributed by atoms with Crippen molar-refractivity contribution in [3.05, 3.63) is 46.6 Å². The SMILES string of the molecule is CN(C)c1ccc(NC(=O)c2cc(S(=O)(=O)N3CCCC3)ccc2Br)cn1. The van der Waals surface area contributed by atoms with Crippen molar-refractivity contribution in [2.75, 3.05) is 37.4 Å². The van der Waals surface area contributed by atoms with Gasteiger partial charge in [0, 0.05) is 31.7 Å². The number of carbonyl (C=O) groups excluding carboxylic acids is 1. The fourth-order valence-electron chi connectivity index (χ4n) is 2.84. The molecule has 1 aliphatic heterocycles. The van der Waals surface area contributed by atoms with Gasteiger partial charge in [-0.1, -0.05) is 0 Å². The van der Waals surface area contributed by atoms with Gasteiger partial charge in [-0.2, -0.15) is 4.31 Å². The second-order valence-electron chi connectivity index (χ2n) is 6.51. The Kier molecular flexibility index (Phi) is 5.83. The fourth-order valence-corrected chi connectivity index (χ4v) is 4.81. The van der Waals surface area contributed by atoms with Crippen LogP contribution in [0.5, 0.6) is 0 Å². The van der Waals surface area contributed by atoms with E-state index in [0.717, 1.165) is 18.7 Å². The second-order valence-corrected chi connectivity index (χ2v) is 9.30. The molecule has 1 amide bonds. The van der Waals surface area contributed by atoms with Gasteiger partial charge in [0.05, 0.1) is 22.3 Å². The Morgan fingerprint density at radius 2 is 1.89 bits per heavy atom. The van der Waals surface area contributed by atoms with E-state index in [1.807, 2.05) is 19.0 Å². The van der Waals surface area contributed by atoms with Crippen LogP contribution in [0.2, 0.25) is 0 Å². The van der Waals surface area contributed by atoms with Gasteiger partial charge >= 0.3 is 0 Å². The van der Waals surface area contributed by atoms with Gasteiger partial charge in [-0.05, 0) is 59.1 Å². The average molecular weight is 453 g/mol. The normalized spacial score (nSPS) is 14.9. The Morgan fingerprint density at radius 3 is 2.48 bits per heavy atom. The van der Waals surface area contributed by atoms with Gasteiger partial charge < -0.3 is 10.2 Å². The molecule has 2 aromatic rings. The van der Waals surface area contributed by atoms with Gasteiger partial charge in [-0.25, -0.2) is 13.4 Å². The monoisotopic (exact) mass is 452 g/mol. The Hall–Kier alpha value is -1.97. The lowest BCUT2D eigenvalue weighted by Crippen LogP contribution is -2.28. The standard InChI is InChI=1S/C18H21BrN4O3S/c1-22(2)17-8-5-13(12-20-17)21-18(24)15-11-14(6-7-16(15)19)27(25,26)23-9-3-4-10-23/h5-8,11-12H,3-4,9-10H2,1-2H3,(H,21,24). The Morgan fingerprint density at radius 1 is 1.19 bits per heavy atom. The van der Waals surface area contributed by atoms with Crippen LogP contribution >= 0.6 is 15.9 Å². The first-order chi connectivity index (χ1) is 12.8. The van der Waals surface area contributed by atoms with E-state index in [4.69, 9.17) is 0 Å². The predicted molar refractivity (Wildman–Crippen MR) is 109 cm³/mol. The van der Waals surface area contributed by atoms with Crippen LogP contribution in [0, 0.1) is 0 Å². The third-order valence-electron chi connectivity index (χ3n) is 4.35. The van der Waals surface area contributed by atoms with Crippen molar-refractivity contribution in [3.63, 3.8) is 0 Å². The van der Waals surface area contributed by atoms with Crippen molar-refractivity contribution >= 4 is 43.4 Å². The van der Waals surface area contributed by atoms with Gasteiger partial charge in [0.25, 0.3) is 5.91 Å². The lowest BCUT2D eigenvalue weighted by molar-refractivity contribution is 0.102. The maximum absolute atomic E-state index is 12.7. The number of hydrogen-bond donors (Lipinski definition) is 1. The van der Waals surface area contributed by atoms with Gasteiger partial charge in [0.1, 0.15) is 5.82 Å². The lowest BCUT2D eigenvalue weighted by atomic mass is 10.2. The molecule has 144 valence electrons. The number of carbonyl (C=O) groups is 1. The highest BCUT2D eigenvalue weighted by Crippen LogP contribution is 2.26. The number of nitrogens with zero attached hydrogens (tertiary/aromatic N) is 3. The van der Waals surface area contributed by atoms with E-state index in [0.29, 0.717) is 23.2 Å². The predicted octanol–water partition coefficient (Wildman–Crippen LogP) is 2.95. The molecule has 0 unspecified atom stereocenters. The van der Waals surface area contributed by atoms with Crippen LogP contribution in [0.4, 0.5) is 11.5 Å². The minimum atomic E-state index is -3.58. The van der Waals surface area contributed by atoms with Crippen LogP contribution in [-0.4, -0.2) is 50.8 Å². The molecule has 0 atom stereocenters. The molecule has 0 saturated carbocycles. The number of rotatable bonds is 5. The largest absolute Gasteiger partial charge is 0.363 e. The van der Waals surface area contributed by atoms with Crippen LogP contribution in [-0.2, 0) is 10.0 Å². The number of hydrogen-bond acceptors (Lipinski definition) is 5. The van der Waals surface area contributed by atoms with E-state index in [9.17, 15) is 13.2 Å². The zero-order valence-electron chi connectivity index (χ0n) is 15.1. The molecule has 3 rings (SSSR count). The zero-order valence-corrected chi connectivity index (χ0v) is 17.5. The third kappa shape index (κ3) is 4.31. The van der Waals surface area contributed by atoms with Crippen molar-refractivity contribution in [1.29, 1.82) is 0 Å². The number of nitrogens with one attached hydrogen (secondary N) is 1. The van der Waals surface area contributed by atoms with Gasteiger partial charge in [-0.3, -0.25) is 4.79 Å². The molecule has 0 bridgehead atoms. The minimum Gasteiger partial charge on any atom is -0.363 e. The van der Waals surface area contributed by atoms with E-state index in [1.54, 1.807) is 24.4 Å². The maximum Gasteiger partial charge on any atom is 0.256 e. The fraction of sp³-hybridized carbons (Fsp3) is 0.333. The molecule has 1 fully saturated rings. The average Bonchev–Trinajstić information content (AvgIpc) is 3.18. The maximum atomic E-state index is 12.7. The van der Waals surface area contributed by atoms with Gasteiger partial charge in [0.2, 0.25) is 10.0 Å². The van der Waals surface area contributed by atoms with Crippen LogP contribution in [0.3, 0.4) is 0 Å². The molecule has 2 heterocycles. The number of sulfonamides is 1. The van der Waals surface area contributed by atoms with Crippen LogP contribution in [0.25, 0.3) is 0 Å². The molecule has 1 saturated heterocycles. The van der Waals surface area contributed by atoms with Crippen molar-refractivity contribution in [3.8, 4) is 0 Å². The number of anilines is 2. The number of pyridine rings is 1. The molecular formula is C18H21BrN4O3S. The molecule has 9 heteroatoms. The molecule has 0 aliphatic carbocycles. The van der Waals surface area contributed by atoms with Crippen LogP contribution in [0.1, 0.15) is 23.2 Å². The van der Waals surface area contributed by atoms with E-state index >= 15 is 0 Å². The Bertz CT molecular complexity index is 940. The van der Waals surface area contributed by atoms with E-state index < -0.39 is 15.9 Å². The smallest absolute Gasteiger partial charge is 0.256 e. The molecular weight excluding hydrogens is 432 g/mol. The molecule has 1 aliphatic rings. The molecule has 1 aromatic heterocycles. The topological polar surface area (TPSA) is 82.6 Å². The van der Waals surface area contributed by atoms with E-state index in [2.05, 4.69) is 26.2 Å². The minimum absolute atomic E-state index is 0.124. The summed E-state index contributed by atoms with van der Waals surface area (Å²) >= 11 is 3.33. The second kappa shape index (κ2) is 7.95. The lowest BCUT2D eigenvalue weighted by Gasteiger charge is -2.16. The highest BCUT2D eigenvalue weighted by atomic mass is 79.9. The zero-order chi connectivity index (χ0) is 19.6. The van der Waals surface area contributed by atoms with Crippen molar-refractivity contribution in [2.24, 2.45) is 0 Å². The van der Waals surface area contributed by atoms with Crippen LogP contribution < -0.4 is 10.2 Å². The van der Waals surface area contributed by atoms with Gasteiger partial charge in [-0.15, -0.1) is 0 Å². The quantitative estimate of drug-likeness (QED) is 0.753. The summed E-state index contributed by atoms with van der Waals surface area (Å²) in [4.78, 5) is 18.9. The van der Waals surface area contributed by atoms with E-state index in [-0.39, 0.29) is 10.5 Å². The Balaban J connectivity index is 1.84. The summed E-state index contributed by atoms with van der Waals surface area (Å²) < 4.78 is 27.5. The third-order valence-corrected chi connectivity index (χ3v) is 6.94. The summed E-state index contributed by atoms with van der Waals surface area (Å²) in [5, 5.41) is 2.76. The van der Waals surface area contributed by atoms with E-state index in [1.165, 1.54) is 16.4 Å². The molecule has 0 spiro atoms. The highest BCUT2D eigenvalue weighted by molar-refractivity contribution is 9.10. The molecule has 0 radical (unpaired) electrons. The molecule has 7 nitrogen and oxygen atoms in total. The van der Waals surface area contributed by atoms with Crippen molar-refractivity contribution < 1.29 is 13.2 Å². The first-order valence-electron chi connectivity index (χ1n) is 8.53. The number of halogens is 1. The summed E-state index contributed by atoms with van der Waals surface area (Å²) in [5.41, 5.74) is 0.789. The summed E-state index contributed by atoms with van der Waals surface area (Å²) in [7, 11) is 0.173. The van der Waals surface area contributed by atoms with Crippen LogP contribution in [0.15, 0.2) is 45.9 Å². The van der Waals surface area contributed by atoms with Crippen molar-refractivity contribution in [1.82, 2.24) is 9.29 Å². The first-order valence-corrected chi connectivity index (χ1v) is 10.8. The number of amides is 1. The Labute approximate surface area is 167 Å². The molecule has 27 heavy (non-hydrogen) atoms. The summed E-state index contributed by atoms with van der Waals surface area (Å²) in [6.45, 7) is 1.04. The summed E-state index contributed by atoms with van der Waals surface area (Å²) in [6.07, 6.45) is 3.28. The van der Waals surface area contributed by atoms with Crippen molar-refractivity contribution in [2.45, 2.75) is 17.7 Å². The highest BCUT2D eigenvalue weighted by Gasteiger charge is 2.28. The first kappa shape index (κ1) is 19.8. The summed E-state index contributed by atoms with van der Waals surface area (Å²) in [6, 6.07) is 8.06. The molecule has 1 aromatic carbocycles. The van der Waals surface area contributed by atoms with Gasteiger partial charge in [0.15, 0.2) is 0 Å².